The lowest BCUT2D eigenvalue weighted by atomic mass is 10.1. The highest BCUT2D eigenvalue weighted by Gasteiger charge is 2.12. The molecule has 1 heterocycles. The molecule has 0 unspecified atom stereocenters. The molecule has 1 aromatic heterocycles. The number of amides is 2. The van der Waals surface area contributed by atoms with E-state index in [1.165, 1.54) is 19.2 Å². The molecule has 0 fully saturated rings. The largest absolute Gasteiger partial charge is 0.375 e. The zero-order chi connectivity index (χ0) is 15.1. The Morgan fingerprint density at radius 1 is 1.33 bits per heavy atom. The normalized spacial score (nSPS) is 11.9. The fraction of sp³-hybridized carbons (Fsp3) is 0.267. The summed E-state index contributed by atoms with van der Waals surface area (Å²) in [5.74, 6) is -0.323. The van der Waals surface area contributed by atoms with E-state index >= 15 is 0 Å². The third-order valence-electron chi connectivity index (χ3n) is 2.96. The van der Waals surface area contributed by atoms with Gasteiger partial charge in [0.2, 0.25) is 0 Å². The van der Waals surface area contributed by atoms with Gasteiger partial charge < -0.3 is 15.4 Å². The number of benzene rings is 1. The molecule has 2 aromatic rings. The standard InChI is InChI=1S/C15H17FN2O2S/c1-20-14(11-4-2-5-12(16)8-11)10-18-15(19)17-9-13-6-3-7-21-13/h2-8,14H,9-10H2,1H3,(H2,17,18,19)/t14-/m0/s1. The summed E-state index contributed by atoms with van der Waals surface area (Å²) in [6.45, 7) is 0.761. The van der Waals surface area contributed by atoms with Crippen LogP contribution in [0.15, 0.2) is 41.8 Å². The molecule has 21 heavy (non-hydrogen) atoms. The number of carbonyl (C=O) groups excluding carboxylic acids is 1. The lowest BCUT2D eigenvalue weighted by Crippen LogP contribution is -2.37. The van der Waals surface area contributed by atoms with Crippen molar-refractivity contribution in [1.82, 2.24) is 10.6 Å². The van der Waals surface area contributed by atoms with E-state index in [-0.39, 0.29) is 24.5 Å². The Bertz CT molecular complexity index is 575. The van der Waals surface area contributed by atoms with Gasteiger partial charge >= 0.3 is 6.03 Å². The van der Waals surface area contributed by atoms with Gasteiger partial charge in [-0.05, 0) is 29.1 Å². The Kier molecular flexibility index (Phi) is 5.71. The van der Waals surface area contributed by atoms with Crippen LogP contribution in [0.4, 0.5) is 9.18 Å². The number of ether oxygens (including phenoxy) is 1. The van der Waals surface area contributed by atoms with Gasteiger partial charge in [0, 0.05) is 18.5 Å². The highest BCUT2D eigenvalue weighted by atomic mass is 32.1. The predicted molar refractivity (Wildman–Crippen MR) is 80.7 cm³/mol. The Morgan fingerprint density at radius 3 is 2.86 bits per heavy atom. The van der Waals surface area contributed by atoms with Crippen LogP contribution in [0.3, 0.4) is 0 Å². The average Bonchev–Trinajstić information content (AvgIpc) is 2.99. The van der Waals surface area contributed by atoms with Crippen LogP contribution in [0.25, 0.3) is 0 Å². The first kappa shape index (κ1) is 15.5. The molecule has 0 saturated carbocycles. The second-order valence-electron chi connectivity index (χ2n) is 4.42. The summed E-state index contributed by atoms with van der Waals surface area (Å²) in [7, 11) is 1.53. The summed E-state index contributed by atoms with van der Waals surface area (Å²) in [6.07, 6.45) is -0.381. The number of nitrogens with one attached hydrogen (secondary N) is 2. The van der Waals surface area contributed by atoms with Gasteiger partial charge in [0.1, 0.15) is 5.82 Å². The third-order valence-corrected chi connectivity index (χ3v) is 3.83. The topological polar surface area (TPSA) is 50.4 Å². The summed E-state index contributed by atoms with van der Waals surface area (Å²) in [6, 6.07) is 9.77. The van der Waals surface area contributed by atoms with Crippen molar-refractivity contribution in [3.8, 4) is 0 Å². The fourth-order valence-corrected chi connectivity index (χ4v) is 2.52. The van der Waals surface area contributed by atoms with E-state index in [0.29, 0.717) is 12.1 Å². The molecule has 112 valence electrons. The van der Waals surface area contributed by atoms with Gasteiger partial charge in [-0.3, -0.25) is 0 Å². The Balaban J connectivity index is 1.81. The zero-order valence-electron chi connectivity index (χ0n) is 11.6. The Morgan fingerprint density at radius 2 is 2.19 bits per heavy atom. The van der Waals surface area contributed by atoms with Crippen LogP contribution in [-0.2, 0) is 11.3 Å². The molecule has 1 aromatic carbocycles. The van der Waals surface area contributed by atoms with Crippen molar-refractivity contribution in [2.45, 2.75) is 12.6 Å². The van der Waals surface area contributed by atoms with Crippen LogP contribution in [0.5, 0.6) is 0 Å². The molecule has 2 amide bonds. The molecule has 2 rings (SSSR count). The minimum absolute atomic E-state index is 0.274. The minimum atomic E-state index is -0.381. The predicted octanol–water partition coefficient (Wildman–Crippen LogP) is 3.07. The van der Waals surface area contributed by atoms with Crippen LogP contribution in [-0.4, -0.2) is 19.7 Å². The van der Waals surface area contributed by atoms with Crippen molar-refractivity contribution in [2.24, 2.45) is 0 Å². The second kappa shape index (κ2) is 7.75. The number of carbonyl (C=O) groups is 1. The number of rotatable bonds is 6. The average molecular weight is 308 g/mol. The molecule has 0 spiro atoms. The quantitative estimate of drug-likeness (QED) is 0.861. The number of hydrogen-bond acceptors (Lipinski definition) is 3. The van der Waals surface area contributed by atoms with Crippen molar-refractivity contribution < 1.29 is 13.9 Å². The summed E-state index contributed by atoms with van der Waals surface area (Å²) in [4.78, 5) is 12.8. The van der Waals surface area contributed by atoms with Gasteiger partial charge in [-0.1, -0.05) is 18.2 Å². The van der Waals surface area contributed by atoms with E-state index < -0.39 is 0 Å². The molecular formula is C15H17FN2O2S. The van der Waals surface area contributed by atoms with Crippen molar-refractivity contribution in [3.05, 3.63) is 58.0 Å². The van der Waals surface area contributed by atoms with E-state index in [0.717, 1.165) is 4.88 Å². The number of halogens is 1. The molecule has 0 radical (unpaired) electrons. The summed E-state index contributed by atoms with van der Waals surface area (Å²) >= 11 is 1.58. The highest BCUT2D eigenvalue weighted by molar-refractivity contribution is 7.09. The summed E-state index contributed by atoms with van der Waals surface area (Å²) in [5, 5.41) is 7.44. The molecule has 0 aliphatic carbocycles. The fourth-order valence-electron chi connectivity index (χ4n) is 1.87. The molecule has 0 aliphatic heterocycles. The third kappa shape index (κ3) is 4.84. The molecule has 4 nitrogen and oxygen atoms in total. The van der Waals surface area contributed by atoms with Crippen molar-refractivity contribution in [3.63, 3.8) is 0 Å². The van der Waals surface area contributed by atoms with Gasteiger partial charge in [-0.2, -0.15) is 0 Å². The molecule has 1 atom stereocenters. The van der Waals surface area contributed by atoms with Crippen molar-refractivity contribution in [1.29, 1.82) is 0 Å². The Labute approximate surface area is 126 Å². The smallest absolute Gasteiger partial charge is 0.315 e. The van der Waals surface area contributed by atoms with Crippen LogP contribution >= 0.6 is 11.3 Å². The van der Waals surface area contributed by atoms with Crippen LogP contribution < -0.4 is 10.6 Å². The first-order valence-electron chi connectivity index (χ1n) is 6.51. The monoisotopic (exact) mass is 308 g/mol. The van der Waals surface area contributed by atoms with Gasteiger partial charge in [0.05, 0.1) is 12.6 Å². The lowest BCUT2D eigenvalue weighted by Gasteiger charge is -2.16. The summed E-state index contributed by atoms with van der Waals surface area (Å²) < 4.78 is 18.5. The van der Waals surface area contributed by atoms with Crippen LogP contribution in [0.1, 0.15) is 16.5 Å². The number of thiophene rings is 1. The van der Waals surface area contributed by atoms with E-state index in [2.05, 4.69) is 10.6 Å². The number of urea groups is 1. The highest BCUT2D eigenvalue weighted by Crippen LogP contribution is 2.16. The molecular weight excluding hydrogens is 291 g/mol. The van der Waals surface area contributed by atoms with Gasteiger partial charge in [-0.15, -0.1) is 11.3 Å². The van der Waals surface area contributed by atoms with Gasteiger partial charge in [0.25, 0.3) is 0 Å². The van der Waals surface area contributed by atoms with Crippen LogP contribution in [0, 0.1) is 5.82 Å². The van der Waals surface area contributed by atoms with Gasteiger partial charge in [0.15, 0.2) is 0 Å². The lowest BCUT2D eigenvalue weighted by molar-refractivity contribution is 0.103. The second-order valence-corrected chi connectivity index (χ2v) is 5.45. The van der Waals surface area contributed by atoms with E-state index in [4.69, 9.17) is 4.74 Å². The Hall–Kier alpha value is -1.92. The minimum Gasteiger partial charge on any atom is -0.375 e. The molecule has 0 bridgehead atoms. The molecule has 0 aliphatic rings. The maximum Gasteiger partial charge on any atom is 0.315 e. The number of methoxy groups -OCH3 is 1. The summed E-state index contributed by atoms with van der Waals surface area (Å²) in [5.41, 5.74) is 0.691. The SMILES string of the molecule is CO[C@@H](CNC(=O)NCc1cccs1)c1cccc(F)c1. The molecule has 0 saturated heterocycles. The van der Waals surface area contributed by atoms with Crippen LogP contribution in [0.2, 0.25) is 0 Å². The van der Waals surface area contributed by atoms with Gasteiger partial charge in [-0.25, -0.2) is 9.18 Å². The number of hydrogen-bond donors (Lipinski definition) is 2. The van der Waals surface area contributed by atoms with Crippen molar-refractivity contribution >= 4 is 17.4 Å². The van der Waals surface area contributed by atoms with E-state index in [1.54, 1.807) is 23.5 Å². The maximum absolute atomic E-state index is 13.2. The maximum atomic E-state index is 13.2. The van der Waals surface area contributed by atoms with Crippen molar-refractivity contribution in [2.75, 3.05) is 13.7 Å². The van der Waals surface area contributed by atoms with E-state index in [9.17, 15) is 9.18 Å². The first-order valence-corrected chi connectivity index (χ1v) is 7.39. The zero-order valence-corrected chi connectivity index (χ0v) is 12.5. The van der Waals surface area contributed by atoms with E-state index in [1.807, 2.05) is 17.5 Å². The first-order chi connectivity index (χ1) is 10.2. The molecule has 2 N–H and O–H groups in total. The molecule has 6 heteroatoms.